The Hall–Kier alpha value is 0.696. The van der Waals surface area contributed by atoms with Crippen LogP contribution in [0.1, 0.15) is 0 Å². The molecule has 0 spiro atoms. The first kappa shape index (κ1) is 9.85. The van der Waals surface area contributed by atoms with Gasteiger partial charge in [0.2, 0.25) is 0 Å². The van der Waals surface area contributed by atoms with Crippen LogP contribution in [0, 0.1) is 0 Å². The normalized spacial score (nSPS) is 12.7. The van der Waals surface area contributed by atoms with E-state index < -0.39 is 11.2 Å². The Kier molecular flexibility index (Phi) is 4.60. The summed E-state index contributed by atoms with van der Waals surface area (Å²) in [5.74, 6) is 0. The fraction of sp³-hybridized carbons (Fsp3) is 0. The van der Waals surface area contributed by atoms with Crippen molar-refractivity contribution in [3.8, 4) is 0 Å². The van der Waals surface area contributed by atoms with Crippen LogP contribution in [0.25, 0.3) is 0 Å². The van der Waals surface area contributed by atoms with Crippen molar-refractivity contribution in [2.75, 3.05) is 0 Å². The predicted molar refractivity (Wildman–Crippen MR) is 14.4 cm³/mol. The monoisotopic (exact) mass is 157 g/mol. The molecule has 0 aromatic carbocycles. The predicted octanol–water partition coefficient (Wildman–Crippen LogP) is -0.00470. The second-order valence-corrected chi connectivity index (χ2v) is 1.34. The van der Waals surface area contributed by atoms with Crippen molar-refractivity contribution >= 4 is 11.2 Å². The summed E-state index contributed by atoms with van der Waals surface area (Å²) in [6.45, 7) is 0. The van der Waals surface area contributed by atoms with Gasteiger partial charge in [-0.1, -0.05) is 0 Å². The zero-order chi connectivity index (χ0) is 4.50. The summed E-state index contributed by atoms with van der Waals surface area (Å²) in [5, 5.41) is 0. The fourth-order valence-electron chi connectivity index (χ4n) is 0. The number of hydrogen-bond acceptors (Lipinski definition) is 4. The second kappa shape index (κ2) is 2.80. The molecule has 6 heteroatoms. The van der Waals surface area contributed by atoms with Crippen molar-refractivity contribution in [2.24, 2.45) is 0 Å². The topological polar surface area (TPSA) is 86.6 Å². The Morgan fingerprint density at radius 3 is 1.17 bits per heavy atom. The average Bonchev–Trinajstić information content (AvgIpc) is 0.722. The smallest absolute Gasteiger partial charge is 0.784 e. The molecule has 0 fully saturated rings. The summed E-state index contributed by atoms with van der Waals surface area (Å²) in [7, 11) is 0. The van der Waals surface area contributed by atoms with Gasteiger partial charge in [0, 0.05) is 0 Å². The minimum Gasteiger partial charge on any atom is -0.784 e. The van der Waals surface area contributed by atoms with Crippen LogP contribution in [-0.2, 0) is 16.8 Å². The molecule has 0 saturated heterocycles. The molecule has 0 aliphatic rings. The molecule has 0 aromatic rings. The maximum absolute atomic E-state index is 8.74. The van der Waals surface area contributed by atoms with Gasteiger partial charge in [-0.2, -0.15) is 11.2 Å². The van der Waals surface area contributed by atoms with Gasteiger partial charge in [-0.15, -0.1) is 0 Å². The van der Waals surface area contributed by atoms with Crippen LogP contribution in [0.15, 0.2) is 0 Å². The van der Waals surface area contributed by atoms with Crippen molar-refractivity contribution in [2.45, 2.75) is 0 Å². The average molecular weight is 157 g/mol. The van der Waals surface area contributed by atoms with Gasteiger partial charge in [-0.25, -0.2) is 0 Å². The molecule has 0 rings (SSSR count). The van der Waals surface area contributed by atoms with E-state index in [0.29, 0.717) is 0 Å². The molecule has 2 N–H and O–H groups in total. The van der Waals surface area contributed by atoms with Crippen LogP contribution in [0.4, 0.5) is 0 Å². The summed E-state index contributed by atoms with van der Waals surface area (Å²) in [5.41, 5.74) is 0. The van der Waals surface area contributed by atoms with E-state index in [-0.39, 0.29) is 16.8 Å². The molecule has 0 aliphatic heterocycles. The van der Waals surface area contributed by atoms with Crippen molar-refractivity contribution in [1.82, 2.24) is 0 Å². The molecule has 0 unspecified atom stereocenters. The summed E-state index contributed by atoms with van der Waals surface area (Å²) >= 11 is -4.67. The molecule has 0 atom stereocenters. The molecular formula is H2CoO4S. The van der Waals surface area contributed by atoms with Gasteiger partial charge in [0.05, 0.1) is 0 Å². The van der Waals surface area contributed by atoms with Crippen molar-refractivity contribution in [3.05, 3.63) is 0 Å². The molecule has 0 bridgehead atoms. The standard InChI is InChI=1S/Co.H4O4S/c;1-5(2,3)4/h;1-4H/q+2;/p-2. The number of hydrogen-bond donors (Lipinski definition) is 2. The van der Waals surface area contributed by atoms with Gasteiger partial charge in [0.15, 0.2) is 0 Å². The van der Waals surface area contributed by atoms with E-state index in [1.54, 1.807) is 0 Å². The third-order valence-electron chi connectivity index (χ3n) is 0. The SMILES string of the molecule is [Co+2].[O-]S([O-])(O)O. The van der Waals surface area contributed by atoms with E-state index in [9.17, 15) is 0 Å². The zero-order valence-electron chi connectivity index (χ0n) is 2.45. The van der Waals surface area contributed by atoms with Gasteiger partial charge >= 0.3 is 16.8 Å². The Balaban J connectivity index is 0. The molecule has 0 aliphatic carbocycles. The van der Waals surface area contributed by atoms with Gasteiger partial charge in [0.1, 0.15) is 0 Å². The summed E-state index contributed by atoms with van der Waals surface area (Å²) in [4.78, 5) is 0. The second-order valence-electron chi connectivity index (χ2n) is 0.448. The molecule has 1 radical (unpaired) electrons. The summed E-state index contributed by atoms with van der Waals surface area (Å²) in [6, 6.07) is 0. The van der Waals surface area contributed by atoms with E-state index in [1.165, 1.54) is 0 Å². The van der Waals surface area contributed by atoms with E-state index in [4.69, 9.17) is 18.2 Å². The van der Waals surface area contributed by atoms with Crippen LogP contribution in [0.5, 0.6) is 0 Å². The van der Waals surface area contributed by atoms with Crippen LogP contribution >= 0.6 is 11.2 Å². The fourth-order valence-corrected chi connectivity index (χ4v) is 0. The Bertz CT molecular complexity index is 23.0. The third-order valence-corrected chi connectivity index (χ3v) is 0. The van der Waals surface area contributed by atoms with E-state index >= 15 is 0 Å². The van der Waals surface area contributed by atoms with Crippen molar-refractivity contribution < 1.29 is 35.0 Å². The largest absolute Gasteiger partial charge is 2.00 e. The van der Waals surface area contributed by atoms with Crippen molar-refractivity contribution in [3.63, 3.8) is 0 Å². The zero-order valence-corrected chi connectivity index (χ0v) is 4.31. The van der Waals surface area contributed by atoms with E-state index in [0.717, 1.165) is 0 Å². The molecule has 6 heavy (non-hydrogen) atoms. The van der Waals surface area contributed by atoms with Gasteiger partial charge in [0.25, 0.3) is 0 Å². The Morgan fingerprint density at radius 1 is 1.17 bits per heavy atom. The first-order valence-corrected chi connectivity index (χ1v) is 2.10. The van der Waals surface area contributed by atoms with Crippen molar-refractivity contribution in [1.29, 1.82) is 0 Å². The molecule has 0 heterocycles. The van der Waals surface area contributed by atoms with E-state index in [2.05, 4.69) is 0 Å². The maximum Gasteiger partial charge on any atom is 2.00 e. The maximum atomic E-state index is 8.74. The van der Waals surface area contributed by atoms with Crippen LogP contribution in [0.2, 0.25) is 0 Å². The van der Waals surface area contributed by atoms with Crippen LogP contribution in [-0.4, -0.2) is 18.2 Å². The van der Waals surface area contributed by atoms with E-state index in [1.807, 2.05) is 0 Å². The molecule has 41 valence electrons. The number of rotatable bonds is 0. The first-order valence-electron chi connectivity index (χ1n) is 0.698. The Labute approximate surface area is 46.8 Å². The van der Waals surface area contributed by atoms with Gasteiger partial charge in [-0.05, 0) is 0 Å². The molecule has 0 saturated carbocycles. The molecule has 0 aromatic heterocycles. The molecular weight excluding hydrogens is 155 g/mol. The Morgan fingerprint density at radius 2 is 1.17 bits per heavy atom. The first-order chi connectivity index (χ1) is 2.00. The van der Waals surface area contributed by atoms with Gasteiger partial charge < -0.3 is 18.2 Å². The quantitative estimate of drug-likeness (QED) is 0.517. The third kappa shape index (κ3) is 132. The molecule has 0 amide bonds. The summed E-state index contributed by atoms with van der Waals surface area (Å²) in [6.07, 6.45) is 0. The minimum absolute atomic E-state index is 0. The van der Waals surface area contributed by atoms with Crippen LogP contribution < -0.4 is 0 Å². The van der Waals surface area contributed by atoms with Crippen LogP contribution in [0.3, 0.4) is 0 Å². The summed E-state index contributed by atoms with van der Waals surface area (Å²) < 4.78 is 31.6. The minimum atomic E-state index is -4.67. The van der Waals surface area contributed by atoms with Gasteiger partial charge in [-0.3, -0.25) is 0 Å². The molecule has 4 nitrogen and oxygen atoms in total.